The van der Waals surface area contributed by atoms with Crippen LogP contribution in [0.25, 0.3) is 0 Å². The first-order valence-corrected chi connectivity index (χ1v) is 10.6. The molecule has 0 saturated heterocycles. The van der Waals surface area contributed by atoms with Crippen LogP contribution in [0.1, 0.15) is 23.1 Å². The fourth-order valence-electron chi connectivity index (χ4n) is 3.13. The summed E-state index contributed by atoms with van der Waals surface area (Å²) in [6.07, 6.45) is 2.97. The summed E-state index contributed by atoms with van der Waals surface area (Å²) in [4.78, 5) is 12.5. The van der Waals surface area contributed by atoms with Crippen molar-refractivity contribution in [1.82, 2.24) is 4.31 Å². The van der Waals surface area contributed by atoms with Gasteiger partial charge in [-0.15, -0.1) is 0 Å². The number of anilines is 1. The number of amides is 1. The number of sulfonamides is 1. The molecule has 5 nitrogen and oxygen atoms in total. The van der Waals surface area contributed by atoms with Crippen LogP contribution in [0.2, 0.25) is 0 Å². The Labute approximate surface area is 162 Å². The van der Waals surface area contributed by atoms with Crippen molar-refractivity contribution in [2.75, 3.05) is 18.9 Å². The number of carbonyl (C=O) groups is 1. The summed E-state index contributed by atoms with van der Waals surface area (Å²) in [6.45, 7) is 1.64. The molecule has 0 aliphatic heterocycles. The van der Waals surface area contributed by atoms with Crippen LogP contribution < -0.4 is 5.32 Å². The molecule has 0 radical (unpaired) electrons. The second-order valence-corrected chi connectivity index (χ2v) is 9.51. The van der Waals surface area contributed by atoms with Crippen LogP contribution >= 0.6 is 15.9 Å². The molecule has 0 bridgehead atoms. The molecule has 3 rings (SSSR count). The van der Waals surface area contributed by atoms with E-state index in [0.29, 0.717) is 5.69 Å². The number of carbonyl (C=O) groups excluding carboxylic acids is 1. The molecule has 1 aliphatic rings. The van der Waals surface area contributed by atoms with E-state index in [1.54, 1.807) is 18.2 Å². The van der Waals surface area contributed by atoms with E-state index in [1.807, 2.05) is 25.1 Å². The molecule has 0 fully saturated rings. The Morgan fingerprint density at radius 1 is 1.15 bits per heavy atom. The summed E-state index contributed by atoms with van der Waals surface area (Å²) in [5.41, 5.74) is 3.88. The van der Waals surface area contributed by atoms with Gasteiger partial charge in [-0.25, -0.2) is 8.42 Å². The lowest BCUT2D eigenvalue weighted by molar-refractivity contribution is -0.116. The molecule has 7 heteroatoms. The topological polar surface area (TPSA) is 66.5 Å². The number of hydrogen-bond acceptors (Lipinski definition) is 3. The first kappa shape index (κ1) is 19.1. The van der Waals surface area contributed by atoms with Gasteiger partial charge in [0.25, 0.3) is 0 Å². The molecule has 2 aromatic rings. The fourth-order valence-corrected chi connectivity index (χ4v) is 4.79. The van der Waals surface area contributed by atoms with Crippen molar-refractivity contribution in [2.24, 2.45) is 0 Å². The summed E-state index contributed by atoms with van der Waals surface area (Å²) in [6, 6.07) is 10.8. The summed E-state index contributed by atoms with van der Waals surface area (Å²) in [5.74, 6) is -0.373. The normalized spacial score (nSPS) is 13.7. The zero-order valence-electron chi connectivity index (χ0n) is 14.8. The third-order valence-corrected chi connectivity index (χ3v) is 6.90. The minimum Gasteiger partial charge on any atom is -0.325 e. The molecule has 0 spiro atoms. The van der Waals surface area contributed by atoms with E-state index < -0.39 is 10.0 Å². The highest BCUT2D eigenvalue weighted by Gasteiger charge is 2.25. The number of halogens is 1. The number of likely N-dealkylation sites (N-methyl/N-ethyl adjacent to an activating group) is 1. The number of hydrogen-bond donors (Lipinski definition) is 1. The lowest BCUT2D eigenvalue weighted by Crippen LogP contribution is -2.35. The van der Waals surface area contributed by atoms with Gasteiger partial charge in [-0.1, -0.05) is 22.0 Å². The number of aryl methyl sites for hydroxylation is 3. The highest BCUT2D eigenvalue weighted by Crippen LogP contribution is 2.26. The third-order valence-electron chi connectivity index (χ3n) is 4.61. The van der Waals surface area contributed by atoms with E-state index in [9.17, 15) is 13.2 Å². The van der Waals surface area contributed by atoms with Crippen molar-refractivity contribution in [2.45, 2.75) is 31.1 Å². The van der Waals surface area contributed by atoms with E-state index in [2.05, 4.69) is 21.2 Å². The van der Waals surface area contributed by atoms with Gasteiger partial charge in [-0.05, 0) is 73.2 Å². The molecule has 1 amide bonds. The largest absolute Gasteiger partial charge is 0.325 e. The first-order valence-electron chi connectivity index (χ1n) is 8.41. The molecule has 0 heterocycles. The van der Waals surface area contributed by atoms with E-state index in [-0.39, 0.29) is 17.3 Å². The van der Waals surface area contributed by atoms with E-state index in [0.717, 1.165) is 39.2 Å². The maximum atomic E-state index is 12.8. The Morgan fingerprint density at radius 3 is 2.62 bits per heavy atom. The molecule has 138 valence electrons. The van der Waals surface area contributed by atoms with Gasteiger partial charge in [-0.2, -0.15) is 4.31 Å². The van der Waals surface area contributed by atoms with Gasteiger partial charge in [0.15, 0.2) is 0 Å². The van der Waals surface area contributed by atoms with E-state index in [1.165, 1.54) is 12.6 Å². The van der Waals surface area contributed by atoms with Crippen molar-refractivity contribution in [3.05, 3.63) is 57.6 Å². The van der Waals surface area contributed by atoms with Crippen LogP contribution in [0.15, 0.2) is 45.8 Å². The van der Waals surface area contributed by atoms with Gasteiger partial charge in [0, 0.05) is 17.2 Å². The number of benzene rings is 2. The summed E-state index contributed by atoms with van der Waals surface area (Å²) < 4.78 is 27.6. The van der Waals surface area contributed by atoms with Crippen LogP contribution in [0.3, 0.4) is 0 Å². The Hall–Kier alpha value is -1.70. The third kappa shape index (κ3) is 4.00. The zero-order chi connectivity index (χ0) is 18.9. The van der Waals surface area contributed by atoms with E-state index >= 15 is 0 Å². The average molecular weight is 437 g/mol. The van der Waals surface area contributed by atoms with Crippen LogP contribution in [0.5, 0.6) is 0 Å². The van der Waals surface area contributed by atoms with Gasteiger partial charge < -0.3 is 5.32 Å². The average Bonchev–Trinajstić information content (AvgIpc) is 3.05. The van der Waals surface area contributed by atoms with Crippen LogP contribution in [0.4, 0.5) is 5.69 Å². The van der Waals surface area contributed by atoms with E-state index in [4.69, 9.17) is 0 Å². The van der Waals surface area contributed by atoms with Crippen molar-refractivity contribution < 1.29 is 13.2 Å². The Morgan fingerprint density at radius 2 is 1.88 bits per heavy atom. The van der Waals surface area contributed by atoms with Gasteiger partial charge in [-0.3, -0.25) is 4.79 Å². The SMILES string of the molecule is Cc1cc(Br)ccc1NC(=O)CN(C)S(=O)(=O)c1ccc2c(c1)CCC2. The van der Waals surface area contributed by atoms with Crippen LogP contribution in [-0.2, 0) is 27.7 Å². The predicted molar refractivity (Wildman–Crippen MR) is 106 cm³/mol. The molecule has 1 N–H and O–H groups in total. The minimum absolute atomic E-state index is 0.241. The van der Waals surface area contributed by atoms with Crippen molar-refractivity contribution in [1.29, 1.82) is 0 Å². The zero-order valence-corrected chi connectivity index (χ0v) is 17.2. The smallest absolute Gasteiger partial charge is 0.243 e. The van der Waals surface area contributed by atoms with Gasteiger partial charge in [0.1, 0.15) is 0 Å². The molecule has 0 unspecified atom stereocenters. The minimum atomic E-state index is -3.70. The summed E-state index contributed by atoms with van der Waals surface area (Å²) in [7, 11) is -2.27. The fraction of sp³-hybridized carbons (Fsp3) is 0.316. The van der Waals surface area contributed by atoms with Gasteiger partial charge in [0.2, 0.25) is 15.9 Å². The molecule has 1 aliphatic carbocycles. The summed E-state index contributed by atoms with van der Waals surface area (Å²) in [5, 5.41) is 2.77. The quantitative estimate of drug-likeness (QED) is 0.779. The highest BCUT2D eigenvalue weighted by molar-refractivity contribution is 9.10. The number of nitrogens with one attached hydrogen (secondary N) is 1. The number of rotatable bonds is 5. The second-order valence-electron chi connectivity index (χ2n) is 6.55. The first-order chi connectivity index (χ1) is 12.3. The molecular formula is C19H21BrN2O3S. The predicted octanol–water partition coefficient (Wildman–Crippen LogP) is 3.51. The van der Waals surface area contributed by atoms with Crippen molar-refractivity contribution in [3.8, 4) is 0 Å². The molecule has 2 aromatic carbocycles. The maximum absolute atomic E-state index is 12.8. The molecule has 26 heavy (non-hydrogen) atoms. The monoisotopic (exact) mass is 436 g/mol. The van der Waals surface area contributed by atoms with Crippen LogP contribution in [0, 0.1) is 6.92 Å². The highest BCUT2D eigenvalue weighted by atomic mass is 79.9. The van der Waals surface area contributed by atoms with Gasteiger partial charge >= 0.3 is 0 Å². The molecule has 0 saturated carbocycles. The lowest BCUT2D eigenvalue weighted by atomic mass is 10.1. The Balaban J connectivity index is 1.71. The lowest BCUT2D eigenvalue weighted by Gasteiger charge is -2.18. The maximum Gasteiger partial charge on any atom is 0.243 e. The number of fused-ring (bicyclic) bond motifs is 1. The van der Waals surface area contributed by atoms with Crippen molar-refractivity contribution >= 4 is 37.5 Å². The molecular weight excluding hydrogens is 416 g/mol. The van der Waals surface area contributed by atoms with Crippen molar-refractivity contribution in [3.63, 3.8) is 0 Å². The molecule has 0 atom stereocenters. The van der Waals surface area contributed by atoms with Crippen LogP contribution in [-0.4, -0.2) is 32.2 Å². The Bertz CT molecular complexity index is 957. The second kappa shape index (κ2) is 7.50. The Kier molecular flexibility index (Phi) is 5.50. The molecule has 0 aromatic heterocycles. The van der Waals surface area contributed by atoms with Gasteiger partial charge in [0.05, 0.1) is 11.4 Å². The standard InChI is InChI=1S/C19H21BrN2O3S/c1-13-10-16(20)7-9-18(13)21-19(23)12-22(2)26(24,25)17-8-6-14-4-3-5-15(14)11-17/h6-11H,3-5,12H2,1-2H3,(H,21,23). The number of nitrogens with zero attached hydrogens (tertiary/aromatic N) is 1. The summed E-state index contributed by atoms with van der Waals surface area (Å²) >= 11 is 3.38.